The SMILES string of the molecule is CC1CN(C)CCC1NC(=O)C(C)(C)COc1ncccc1C(F)(F)F. The van der Waals surface area contributed by atoms with E-state index in [-0.39, 0.29) is 18.6 Å². The Labute approximate surface area is 151 Å². The number of nitrogens with one attached hydrogen (secondary N) is 1. The second-order valence-corrected chi connectivity index (χ2v) is 7.63. The van der Waals surface area contributed by atoms with Gasteiger partial charge in [-0.1, -0.05) is 6.92 Å². The molecular formula is C18H26F3N3O2. The smallest absolute Gasteiger partial charge is 0.421 e. The highest BCUT2D eigenvalue weighted by Gasteiger charge is 2.37. The second kappa shape index (κ2) is 7.82. The lowest BCUT2D eigenvalue weighted by molar-refractivity contribution is -0.139. The maximum atomic E-state index is 13.0. The molecule has 1 saturated heterocycles. The molecule has 2 unspecified atom stereocenters. The van der Waals surface area contributed by atoms with Crippen molar-refractivity contribution in [3.05, 3.63) is 23.9 Å². The van der Waals surface area contributed by atoms with Gasteiger partial charge in [0.1, 0.15) is 12.2 Å². The lowest BCUT2D eigenvalue weighted by Gasteiger charge is -2.37. The Morgan fingerprint density at radius 1 is 1.42 bits per heavy atom. The van der Waals surface area contributed by atoms with Crippen LogP contribution in [0.5, 0.6) is 5.88 Å². The average molecular weight is 373 g/mol. The van der Waals surface area contributed by atoms with Crippen LogP contribution in [-0.4, -0.2) is 48.6 Å². The van der Waals surface area contributed by atoms with Crippen molar-refractivity contribution in [2.45, 2.75) is 39.4 Å². The van der Waals surface area contributed by atoms with Gasteiger partial charge < -0.3 is 15.0 Å². The number of amides is 1. The van der Waals surface area contributed by atoms with Crippen LogP contribution in [-0.2, 0) is 11.0 Å². The van der Waals surface area contributed by atoms with Crippen LogP contribution >= 0.6 is 0 Å². The molecule has 26 heavy (non-hydrogen) atoms. The molecule has 0 spiro atoms. The van der Waals surface area contributed by atoms with E-state index in [0.29, 0.717) is 5.92 Å². The van der Waals surface area contributed by atoms with Crippen LogP contribution in [0, 0.1) is 11.3 Å². The first-order chi connectivity index (χ1) is 12.0. The van der Waals surface area contributed by atoms with Crippen molar-refractivity contribution in [2.75, 3.05) is 26.7 Å². The predicted molar refractivity (Wildman–Crippen MR) is 91.7 cm³/mol. The monoisotopic (exact) mass is 373 g/mol. The summed E-state index contributed by atoms with van der Waals surface area (Å²) in [6.45, 7) is 6.98. The van der Waals surface area contributed by atoms with E-state index in [1.165, 1.54) is 12.3 Å². The first kappa shape index (κ1) is 20.5. The Morgan fingerprint density at radius 2 is 2.12 bits per heavy atom. The number of carbonyl (C=O) groups is 1. The summed E-state index contributed by atoms with van der Waals surface area (Å²) < 4.78 is 44.3. The lowest BCUT2D eigenvalue weighted by Crippen LogP contribution is -2.52. The maximum absolute atomic E-state index is 13.0. The van der Waals surface area contributed by atoms with Gasteiger partial charge in [0.05, 0.1) is 5.41 Å². The maximum Gasteiger partial charge on any atom is 0.421 e. The standard InChI is InChI=1S/C18H26F3N3O2/c1-12-10-24(4)9-7-14(12)23-16(25)17(2,3)11-26-15-13(18(19,20)21)6-5-8-22-15/h5-6,8,12,14H,7,9-11H2,1-4H3,(H,23,25). The zero-order valence-electron chi connectivity index (χ0n) is 15.6. The van der Waals surface area contributed by atoms with Gasteiger partial charge in [-0.2, -0.15) is 13.2 Å². The summed E-state index contributed by atoms with van der Waals surface area (Å²) in [5.74, 6) is -0.432. The zero-order valence-corrected chi connectivity index (χ0v) is 15.6. The first-order valence-corrected chi connectivity index (χ1v) is 8.65. The number of likely N-dealkylation sites (tertiary alicyclic amines) is 1. The molecule has 146 valence electrons. The minimum Gasteiger partial charge on any atom is -0.476 e. The molecule has 1 N–H and O–H groups in total. The van der Waals surface area contributed by atoms with E-state index >= 15 is 0 Å². The van der Waals surface area contributed by atoms with Crippen molar-refractivity contribution in [1.82, 2.24) is 15.2 Å². The molecule has 8 heteroatoms. The molecule has 5 nitrogen and oxygen atoms in total. The van der Waals surface area contributed by atoms with Gasteiger partial charge in [-0.15, -0.1) is 0 Å². The van der Waals surface area contributed by atoms with Crippen molar-refractivity contribution in [1.29, 1.82) is 0 Å². The number of halogens is 3. The molecule has 0 bridgehead atoms. The number of rotatable bonds is 5. The molecule has 0 aliphatic carbocycles. The predicted octanol–water partition coefficient (Wildman–Crippen LogP) is 2.96. The molecule has 2 atom stereocenters. The summed E-state index contributed by atoms with van der Waals surface area (Å²) in [4.78, 5) is 18.5. The molecule has 1 amide bonds. The van der Waals surface area contributed by atoms with E-state index in [1.54, 1.807) is 13.8 Å². The number of carbonyl (C=O) groups excluding carboxylic acids is 1. The van der Waals surface area contributed by atoms with Gasteiger partial charge in [0, 0.05) is 18.8 Å². The molecule has 1 aliphatic heterocycles. The van der Waals surface area contributed by atoms with E-state index in [2.05, 4.69) is 22.1 Å². The minimum absolute atomic E-state index is 0.0542. The number of aromatic nitrogens is 1. The summed E-state index contributed by atoms with van der Waals surface area (Å²) in [5, 5.41) is 3.02. The average Bonchev–Trinajstić information content (AvgIpc) is 2.55. The minimum atomic E-state index is -4.56. The van der Waals surface area contributed by atoms with Crippen molar-refractivity contribution < 1.29 is 22.7 Å². The molecule has 1 aromatic heterocycles. The summed E-state index contributed by atoms with van der Waals surface area (Å²) in [6, 6.07) is 2.17. The van der Waals surface area contributed by atoms with Crippen molar-refractivity contribution in [3.63, 3.8) is 0 Å². The molecule has 1 aliphatic rings. The number of ether oxygens (including phenoxy) is 1. The van der Waals surface area contributed by atoms with Gasteiger partial charge >= 0.3 is 6.18 Å². The second-order valence-electron chi connectivity index (χ2n) is 7.63. The Balaban J connectivity index is 1.99. The Kier molecular flexibility index (Phi) is 6.16. The molecule has 1 aromatic rings. The molecule has 1 fully saturated rings. The van der Waals surface area contributed by atoms with Gasteiger partial charge in [-0.25, -0.2) is 4.98 Å². The Bertz CT molecular complexity index is 634. The van der Waals surface area contributed by atoms with Crippen molar-refractivity contribution in [3.8, 4) is 5.88 Å². The van der Waals surface area contributed by atoms with Gasteiger partial charge in [-0.3, -0.25) is 4.79 Å². The van der Waals surface area contributed by atoms with Gasteiger partial charge in [0.25, 0.3) is 0 Å². The van der Waals surface area contributed by atoms with Crippen LogP contribution in [0.4, 0.5) is 13.2 Å². The van der Waals surface area contributed by atoms with Crippen LogP contribution in [0.25, 0.3) is 0 Å². The van der Waals surface area contributed by atoms with E-state index in [1.807, 2.05) is 7.05 Å². The highest BCUT2D eigenvalue weighted by atomic mass is 19.4. The molecule has 2 rings (SSSR count). The van der Waals surface area contributed by atoms with Gasteiger partial charge in [0.15, 0.2) is 0 Å². The largest absolute Gasteiger partial charge is 0.476 e. The summed E-state index contributed by atoms with van der Waals surface area (Å²) in [6.07, 6.45) is -2.48. The van der Waals surface area contributed by atoms with Crippen molar-refractivity contribution in [2.24, 2.45) is 11.3 Å². The fraction of sp³-hybridized carbons (Fsp3) is 0.667. The van der Waals surface area contributed by atoms with Crippen LogP contribution < -0.4 is 10.1 Å². The summed E-state index contributed by atoms with van der Waals surface area (Å²) >= 11 is 0. The normalized spacial score (nSPS) is 22.1. The molecule has 2 heterocycles. The van der Waals surface area contributed by atoms with Gasteiger partial charge in [0.2, 0.25) is 11.8 Å². The fourth-order valence-electron chi connectivity index (χ4n) is 2.97. The summed E-state index contributed by atoms with van der Waals surface area (Å²) in [7, 11) is 2.04. The van der Waals surface area contributed by atoms with E-state index < -0.39 is 23.0 Å². The number of hydrogen-bond acceptors (Lipinski definition) is 4. The van der Waals surface area contributed by atoms with E-state index in [4.69, 9.17) is 4.74 Å². The third-order valence-electron chi connectivity index (χ3n) is 4.69. The molecular weight excluding hydrogens is 347 g/mol. The number of piperidine rings is 1. The van der Waals surface area contributed by atoms with E-state index in [9.17, 15) is 18.0 Å². The van der Waals surface area contributed by atoms with Crippen molar-refractivity contribution >= 4 is 5.91 Å². The van der Waals surface area contributed by atoms with Crippen LogP contribution in [0.2, 0.25) is 0 Å². The lowest BCUT2D eigenvalue weighted by atomic mass is 9.89. The third-order valence-corrected chi connectivity index (χ3v) is 4.69. The molecule has 0 saturated carbocycles. The zero-order chi connectivity index (χ0) is 19.5. The quantitative estimate of drug-likeness (QED) is 0.862. The van der Waals surface area contributed by atoms with Gasteiger partial charge in [-0.05, 0) is 51.9 Å². The van der Waals surface area contributed by atoms with Crippen LogP contribution in [0.1, 0.15) is 32.8 Å². The number of hydrogen-bond donors (Lipinski definition) is 1. The number of pyridine rings is 1. The third kappa shape index (κ3) is 5.09. The first-order valence-electron chi connectivity index (χ1n) is 8.65. The Morgan fingerprint density at radius 3 is 2.73 bits per heavy atom. The van der Waals surface area contributed by atoms with Crippen LogP contribution in [0.3, 0.4) is 0 Å². The van der Waals surface area contributed by atoms with E-state index in [0.717, 1.165) is 25.6 Å². The topological polar surface area (TPSA) is 54.5 Å². The molecule has 0 radical (unpaired) electrons. The number of nitrogens with zero attached hydrogens (tertiary/aromatic N) is 2. The Hall–Kier alpha value is -1.83. The summed E-state index contributed by atoms with van der Waals surface area (Å²) in [5.41, 5.74) is -1.93. The highest BCUT2D eigenvalue weighted by Crippen LogP contribution is 2.35. The van der Waals surface area contributed by atoms with Crippen LogP contribution in [0.15, 0.2) is 18.3 Å². The molecule has 0 aromatic carbocycles. The highest BCUT2D eigenvalue weighted by molar-refractivity contribution is 5.82. The number of alkyl halides is 3. The fourth-order valence-corrected chi connectivity index (χ4v) is 2.97.